The van der Waals surface area contributed by atoms with Crippen LogP contribution in [0.15, 0.2) is 59.7 Å². The van der Waals surface area contributed by atoms with Gasteiger partial charge >= 0.3 is 0 Å². The van der Waals surface area contributed by atoms with Gasteiger partial charge in [0, 0.05) is 32.7 Å². The van der Waals surface area contributed by atoms with Gasteiger partial charge in [-0.1, -0.05) is 30.3 Å². The predicted octanol–water partition coefficient (Wildman–Crippen LogP) is 2.54. The molecule has 4 heteroatoms. The summed E-state index contributed by atoms with van der Waals surface area (Å²) in [5.41, 5.74) is 2.37. The smallest absolute Gasteiger partial charge is 0.115 e. The maximum Gasteiger partial charge on any atom is 0.115 e. The molecule has 1 aliphatic rings. The molecule has 114 valence electrons. The van der Waals surface area contributed by atoms with E-state index in [1.807, 2.05) is 18.3 Å². The Morgan fingerprint density at radius 1 is 0.909 bits per heavy atom. The molecule has 22 heavy (non-hydrogen) atoms. The fourth-order valence-corrected chi connectivity index (χ4v) is 2.56. The number of aromatic hydroxyl groups is 1. The Kier molecular flexibility index (Phi) is 4.71. The molecule has 2 aromatic carbocycles. The summed E-state index contributed by atoms with van der Waals surface area (Å²) in [5.74, 6) is 0.284. The van der Waals surface area contributed by atoms with Crippen LogP contribution in [0.25, 0.3) is 0 Å². The van der Waals surface area contributed by atoms with Gasteiger partial charge in [0.15, 0.2) is 0 Å². The SMILES string of the molecule is Oc1ccc(/C=N/N2CCN(Cc3ccccc3)CC2)cc1. The van der Waals surface area contributed by atoms with E-state index in [0.29, 0.717) is 0 Å². The first-order chi connectivity index (χ1) is 10.8. The van der Waals surface area contributed by atoms with E-state index in [0.717, 1.165) is 38.3 Å². The molecule has 3 rings (SSSR count). The van der Waals surface area contributed by atoms with Crippen LogP contribution < -0.4 is 0 Å². The van der Waals surface area contributed by atoms with E-state index in [1.165, 1.54) is 5.56 Å². The Morgan fingerprint density at radius 2 is 1.59 bits per heavy atom. The Bertz CT molecular complexity index is 602. The van der Waals surface area contributed by atoms with Crippen molar-refractivity contribution in [3.8, 4) is 5.75 Å². The maximum atomic E-state index is 9.26. The molecule has 0 amide bonds. The van der Waals surface area contributed by atoms with E-state index < -0.39 is 0 Å². The van der Waals surface area contributed by atoms with Crippen molar-refractivity contribution in [3.63, 3.8) is 0 Å². The molecule has 0 atom stereocenters. The van der Waals surface area contributed by atoms with Crippen LogP contribution in [0.1, 0.15) is 11.1 Å². The predicted molar refractivity (Wildman–Crippen MR) is 89.0 cm³/mol. The molecule has 0 unspecified atom stereocenters. The minimum Gasteiger partial charge on any atom is -0.508 e. The molecular formula is C18H21N3O. The third kappa shape index (κ3) is 4.09. The topological polar surface area (TPSA) is 39.1 Å². The van der Waals surface area contributed by atoms with E-state index in [9.17, 15) is 5.11 Å². The second-order valence-electron chi connectivity index (χ2n) is 5.55. The van der Waals surface area contributed by atoms with Gasteiger partial charge in [0.05, 0.1) is 6.21 Å². The summed E-state index contributed by atoms with van der Waals surface area (Å²) in [5, 5.41) is 15.9. The van der Waals surface area contributed by atoms with Gasteiger partial charge in [-0.05, 0) is 35.4 Å². The second-order valence-corrected chi connectivity index (χ2v) is 5.55. The van der Waals surface area contributed by atoms with Gasteiger partial charge < -0.3 is 5.11 Å². The number of hydrogen-bond acceptors (Lipinski definition) is 4. The monoisotopic (exact) mass is 295 g/mol. The lowest BCUT2D eigenvalue weighted by molar-refractivity contribution is 0.131. The van der Waals surface area contributed by atoms with E-state index in [-0.39, 0.29) is 5.75 Å². The first kappa shape index (κ1) is 14.6. The molecule has 0 radical (unpaired) electrons. The van der Waals surface area contributed by atoms with E-state index >= 15 is 0 Å². The minimum atomic E-state index is 0.284. The number of piperazine rings is 1. The average Bonchev–Trinajstić information content (AvgIpc) is 2.57. The van der Waals surface area contributed by atoms with Crippen LogP contribution in [0, 0.1) is 0 Å². The van der Waals surface area contributed by atoms with Crippen LogP contribution in [0.5, 0.6) is 5.75 Å². The lowest BCUT2D eigenvalue weighted by Gasteiger charge is -2.33. The van der Waals surface area contributed by atoms with Gasteiger partial charge in [-0.15, -0.1) is 0 Å². The summed E-state index contributed by atoms with van der Waals surface area (Å²) < 4.78 is 0. The fraction of sp³-hybridized carbons (Fsp3) is 0.278. The van der Waals surface area contributed by atoms with Gasteiger partial charge in [-0.2, -0.15) is 5.10 Å². The van der Waals surface area contributed by atoms with Gasteiger partial charge in [0.25, 0.3) is 0 Å². The highest BCUT2D eigenvalue weighted by Crippen LogP contribution is 2.10. The summed E-state index contributed by atoms with van der Waals surface area (Å²) in [6.07, 6.45) is 1.85. The molecule has 1 heterocycles. The highest BCUT2D eigenvalue weighted by Gasteiger charge is 2.15. The summed E-state index contributed by atoms with van der Waals surface area (Å²) in [7, 11) is 0. The van der Waals surface area contributed by atoms with Crippen molar-refractivity contribution < 1.29 is 5.11 Å². The number of hydrogen-bond donors (Lipinski definition) is 1. The van der Waals surface area contributed by atoms with Crippen molar-refractivity contribution in [1.82, 2.24) is 9.91 Å². The Hall–Kier alpha value is -2.33. The van der Waals surface area contributed by atoms with Crippen LogP contribution in [-0.2, 0) is 6.54 Å². The average molecular weight is 295 g/mol. The van der Waals surface area contributed by atoms with Crippen molar-refractivity contribution in [2.45, 2.75) is 6.54 Å². The number of phenolic OH excluding ortho intramolecular Hbond substituents is 1. The molecule has 1 N–H and O–H groups in total. The van der Waals surface area contributed by atoms with Crippen molar-refractivity contribution in [2.24, 2.45) is 5.10 Å². The van der Waals surface area contributed by atoms with Gasteiger partial charge in [-0.3, -0.25) is 9.91 Å². The molecule has 0 aromatic heterocycles. The zero-order chi connectivity index (χ0) is 15.2. The van der Waals surface area contributed by atoms with E-state index in [4.69, 9.17) is 0 Å². The van der Waals surface area contributed by atoms with Crippen molar-refractivity contribution >= 4 is 6.21 Å². The number of benzene rings is 2. The van der Waals surface area contributed by atoms with Crippen LogP contribution in [-0.4, -0.2) is 47.4 Å². The van der Waals surface area contributed by atoms with Crippen LogP contribution in [0.2, 0.25) is 0 Å². The van der Waals surface area contributed by atoms with Crippen LogP contribution in [0.4, 0.5) is 0 Å². The Morgan fingerprint density at radius 3 is 2.27 bits per heavy atom. The molecule has 2 aromatic rings. The molecule has 0 spiro atoms. The molecular weight excluding hydrogens is 274 g/mol. The van der Waals surface area contributed by atoms with Crippen molar-refractivity contribution in [2.75, 3.05) is 26.2 Å². The molecule has 1 saturated heterocycles. The molecule has 4 nitrogen and oxygen atoms in total. The number of rotatable bonds is 4. The molecule has 1 aliphatic heterocycles. The first-order valence-electron chi connectivity index (χ1n) is 7.64. The minimum absolute atomic E-state index is 0.284. The van der Waals surface area contributed by atoms with Crippen molar-refractivity contribution in [1.29, 1.82) is 0 Å². The van der Waals surface area contributed by atoms with Gasteiger partial charge in [-0.25, -0.2) is 0 Å². The molecule has 0 bridgehead atoms. The normalized spacial score (nSPS) is 16.3. The summed E-state index contributed by atoms with van der Waals surface area (Å²) in [4.78, 5) is 2.46. The second kappa shape index (κ2) is 7.09. The van der Waals surface area contributed by atoms with Gasteiger partial charge in [0.2, 0.25) is 0 Å². The van der Waals surface area contributed by atoms with E-state index in [1.54, 1.807) is 12.1 Å². The number of hydrazone groups is 1. The number of nitrogens with zero attached hydrogens (tertiary/aromatic N) is 3. The standard InChI is InChI=1S/C18H21N3O/c22-18-8-6-16(7-9-18)14-19-21-12-10-20(11-13-21)15-17-4-2-1-3-5-17/h1-9,14,22H,10-13,15H2/b19-14+. The van der Waals surface area contributed by atoms with E-state index in [2.05, 4.69) is 45.3 Å². The quantitative estimate of drug-likeness (QED) is 0.881. The first-order valence-corrected chi connectivity index (χ1v) is 7.64. The maximum absolute atomic E-state index is 9.26. The fourth-order valence-electron chi connectivity index (χ4n) is 2.56. The van der Waals surface area contributed by atoms with Gasteiger partial charge in [0.1, 0.15) is 5.75 Å². The summed E-state index contributed by atoms with van der Waals surface area (Å²) in [6.45, 7) is 4.96. The molecule has 0 saturated carbocycles. The van der Waals surface area contributed by atoms with Crippen LogP contribution >= 0.6 is 0 Å². The lowest BCUT2D eigenvalue weighted by Crippen LogP contribution is -2.43. The summed E-state index contributed by atoms with van der Waals surface area (Å²) in [6, 6.07) is 17.7. The third-order valence-electron chi connectivity index (χ3n) is 3.86. The third-order valence-corrected chi connectivity index (χ3v) is 3.86. The Labute approximate surface area is 131 Å². The zero-order valence-electron chi connectivity index (χ0n) is 12.6. The largest absolute Gasteiger partial charge is 0.508 e. The molecule has 0 aliphatic carbocycles. The number of phenols is 1. The Balaban J connectivity index is 1.48. The van der Waals surface area contributed by atoms with Crippen molar-refractivity contribution in [3.05, 3.63) is 65.7 Å². The lowest BCUT2D eigenvalue weighted by atomic mass is 10.2. The van der Waals surface area contributed by atoms with Crippen LogP contribution in [0.3, 0.4) is 0 Å². The molecule has 1 fully saturated rings. The highest BCUT2D eigenvalue weighted by molar-refractivity contribution is 5.79. The zero-order valence-corrected chi connectivity index (χ0v) is 12.6. The highest BCUT2D eigenvalue weighted by atomic mass is 16.3. The summed E-state index contributed by atoms with van der Waals surface area (Å²) >= 11 is 0.